The molecule has 0 aromatic heterocycles. The van der Waals surface area contributed by atoms with Gasteiger partial charge in [0.05, 0.1) is 5.69 Å². The molecular formula is C19H18N2O2S. The Bertz CT molecular complexity index is 826. The first-order valence-corrected chi connectivity index (χ1v) is 8.12. The highest BCUT2D eigenvalue weighted by Crippen LogP contribution is 2.25. The maximum Gasteiger partial charge on any atom is 0.281 e. The van der Waals surface area contributed by atoms with Gasteiger partial charge in [-0.25, -0.2) is 0 Å². The second-order valence-corrected chi connectivity index (χ2v) is 6.36. The Labute approximate surface area is 146 Å². The van der Waals surface area contributed by atoms with Gasteiger partial charge in [0.1, 0.15) is 11.4 Å². The minimum Gasteiger partial charge on any atom is -0.508 e. The zero-order valence-electron chi connectivity index (χ0n) is 13.5. The normalized spacial score (nSPS) is 16.1. The SMILES string of the molecule is CC(C)c1ccc(N2C(=O)/C(=C/c3cccc(O)c3)NC2=S)cc1. The van der Waals surface area contributed by atoms with Crippen LogP contribution in [0.5, 0.6) is 5.75 Å². The fourth-order valence-electron chi connectivity index (χ4n) is 2.56. The van der Waals surface area contributed by atoms with Crippen molar-refractivity contribution in [2.75, 3.05) is 4.90 Å². The number of benzene rings is 2. The molecule has 2 N–H and O–H groups in total. The van der Waals surface area contributed by atoms with Crippen molar-refractivity contribution in [1.29, 1.82) is 0 Å². The van der Waals surface area contributed by atoms with E-state index in [1.165, 1.54) is 10.5 Å². The van der Waals surface area contributed by atoms with E-state index in [1.807, 2.05) is 30.3 Å². The molecule has 4 nitrogen and oxygen atoms in total. The molecule has 1 amide bonds. The largest absolute Gasteiger partial charge is 0.508 e. The topological polar surface area (TPSA) is 52.6 Å². The number of hydrogen-bond donors (Lipinski definition) is 2. The molecule has 1 aliphatic heterocycles. The minimum absolute atomic E-state index is 0.151. The molecule has 0 atom stereocenters. The summed E-state index contributed by atoms with van der Waals surface area (Å²) in [6.45, 7) is 4.25. The quantitative estimate of drug-likeness (QED) is 0.661. The van der Waals surface area contributed by atoms with Gasteiger partial charge in [0.15, 0.2) is 5.11 Å². The number of carbonyl (C=O) groups is 1. The second-order valence-electron chi connectivity index (χ2n) is 5.97. The van der Waals surface area contributed by atoms with Gasteiger partial charge in [-0.15, -0.1) is 0 Å². The first-order chi connectivity index (χ1) is 11.5. The third kappa shape index (κ3) is 3.16. The minimum atomic E-state index is -0.208. The Balaban J connectivity index is 1.89. The molecule has 5 heteroatoms. The number of anilines is 1. The number of hydrogen-bond acceptors (Lipinski definition) is 3. The van der Waals surface area contributed by atoms with Crippen LogP contribution in [-0.2, 0) is 4.79 Å². The van der Waals surface area contributed by atoms with Crippen LogP contribution < -0.4 is 10.2 Å². The van der Waals surface area contributed by atoms with Gasteiger partial charge in [0.25, 0.3) is 5.91 Å². The average Bonchev–Trinajstić information content (AvgIpc) is 2.81. The highest BCUT2D eigenvalue weighted by Gasteiger charge is 2.31. The van der Waals surface area contributed by atoms with Crippen LogP contribution in [-0.4, -0.2) is 16.1 Å². The summed E-state index contributed by atoms with van der Waals surface area (Å²) in [6, 6.07) is 14.5. The van der Waals surface area contributed by atoms with E-state index in [0.717, 1.165) is 11.3 Å². The van der Waals surface area contributed by atoms with Crippen molar-refractivity contribution in [2.24, 2.45) is 0 Å². The summed E-state index contributed by atoms with van der Waals surface area (Å²) in [6.07, 6.45) is 1.68. The Kier molecular flexibility index (Phi) is 4.36. The van der Waals surface area contributed by atoms with Gasteiger partial charge in [-0.05, 0) is 59.6 Å². The van der Waals surface area contributed by atoms with Gasteiger partial charge in [-0.3, -0.25) is 9.69 Å². The predicted octanol–water partition coefficient (Wildman–Crippen LogP) is 3.78. The lowest BCUT2D eigenvalue weighted by Crippen LogP contribution is -2.30. The molecule has 2 aromatic rings. The summed E-state index contributed by atoms with van der Waals surface area (Å²) in [7, 11) is 0. The lowest BCUT2D eigenvalue weighted by molar-refractivity contribution is -0.113. The lowest BCUT2D eigenvalue weighted by Gasteiger charge is -2.15. The second kappa shape index (κ2) is 6.45. The molecule has 1 saturated heterocycles. The number of nitrogens with zero attached hydrogens (tertiary/aromatic N) is 1. The molecule has 2 aromatic carbocycles. The van der Waals surface area contributed by atoms with Crippen molar-refractivity contribution in [3.63, 3.8) is 0 Å². The Morgan fingerprint density at radius 1 is 1.17 bits per heavy atom. The highest BCUT2D eigenvalue weighted by molar-refractivity contribution is 7.80. The van der Waals surface area contributed by atoms with E-state index in [4.69, 9.17) is 12.2 Å². The maximum absolute atomic E-state index is 12.7. The fraction of sp³-hybridized carbons (Fsp3) is 0.158. The Hall–Kier alpha value is -2.66. The van der Waals surface area contributed by atoms with Gasteiger partial charge >= 0.3 is 0 Å². The van der Waals surface area contributed by atoms with E-state index in [-0.39, 0.29) is 11.7 Å². The number of aromatic hydroxyl groups is 1. The van der Waals surface area contributed by atoms with Crippen LogP contribution >= 0.6 is 12.2 Å². The summed E-state index contributed by atoms with van der Waals surface area (Å²) >= 11 is 5.31. The van der Waals surface area contributed by atoms with Crippen LogP contribution in [0, 0.1) is 0 Å². The summed E-state index contributed by atoms with van der Waals surface area (Å²) in [5.41, 5.74) is 3.06. The number of nitrogens with one attached hydrogen (secondary N) is 1. The van der Waals surface area contributed by atoms with Crippen molar-refractivity contribution in [3.8, 4) is 5.75 Å². The van der Waals surface area contributed by atoms with Crippen molar-refractivity contribution < 1.29 is 9.90 Å². The van der Waals surface area contributed by atoms with Gasteiger partial charge in [-0.2, -0.15) is 0 Å². The number of amides is 1. The number of rotatable bonds is 3. The van der Waals surface area contributed by atoms with E-state index < -0.39 is 0 Å². The molecule has 1 aliphatic rings. The molecule has 0 radical (unpaired) electrons. The lowest BCUT2D eigenvalue weighted by atomic mass is 10.0. The van der Waals surface area contributed by atoms with Gasteiger partial charge in [0, 0.05) is 0 Å². The summed E-state index contributed by atoms with van der Waals surface area (Å²) in [5.74, 6) is 0.374. The van der Waals surface area contributed by atoms with Crippen LogP contribution in [0.4, 0.5) is 5.69 Å². The Morgan fingerprint density at radius 3 is 2.50 bits per heavy atom. The summed E-state index contributed by atoms with van der Waals surface area (Å²) < 4.78 is 0. The van der Waals surface area contributed by atoms with Crippen molar-refractivity contribution in [1.82, 2.24) is 5.32 Å². The van der Waals surface area contributed by atoms with Crippen LogP contribution in [0.2, 0.25) is 0 Å². The molecule has 0 aliphatic carbocycles. The molecular weight excluding hydrogens is 320 g/mol. The van der Waals surface area contributed by atoms with Crippen LogP contribution in [0.1, 0.15) is 30.9 Å². The molecule has 0 saturated carbocycles. The average molecular weight is 338 g/mol. The molecule has 3 rings (SSSR count). The third-order valence-electron chi connectivity index (χ3n) is 3.88. The van der Waals surface area contributed by atoms with Crippen LogP contribution in [0.15, 0.2) is 54.2 Å². The summed E-state index contributed by atoms with van der Waals surface area (Å²) in [5, 5.41) is 12.8. The van der Waals surface area contributed by atoms with Crippen molar-refractivity contribution in [2.45, 2.75) is 19.8 Å². The number of phenolic OH excluding ortho intramolecular Hbond substituents is 1. The standard InChI is InChI=1S/C19H18N2O2S/c1-12(2)14-6-8-15(9-7-14)21-18(23)17(20-19(21)24)11-13-4-3-5-16(22)10-13/h3-12,22H,1-2H3,(H,20,24)/b17-11-. The molecule has 24 heavy (non-hydrogen) atoms. The third-order valence-corrected chi connectivity index (χ3v) is 4.16. The number of phenols is 1. The van der Waals surface area contributed by atoms with Gasteiger partial charge in [0.2, 0.25) is 0 Å². The fourth-order valence-corrected chi connectivity index (χ4v) is 2.86. The zero-order valence-corrected chi connectivity index (χ0v) is 14.3. The van der Waals surface area contributed by atoms with E-state index in [1.54, 1.807) is 24.3 Å². The first kappa shape index (κ1) is 16.2. The number of carbonyl (C=O) groups excluding carboxylic acids is 1. The van der Waals surface area contributed by atoms with Crippen molar-refractivity contribution in [3.05, 3.63) is 65.4 Å². The zero-order chi connectivity index (χ0) is 17.3. The van der Waals surface area contributed by atoms with E-state index >= 15 is 0 Å². The molecule has 0 spiro atoms. The molecule has 1 fully saturated rings. The van der Waals surface area contributed by atoms with Gasteiger partial charge < -0.3 is 10.4 Å². The van der Waals surface area contributed by atoms with E-state index in [2.05, 4.69) is 19.2 Å². The molecule has 0 unspecified atom stereocenters. The smallest absolute Gasteiger partial charge is 0.281 e. The maximum atomic E-state index is 12.7. The van der Waals surface area contributed by atoms with E-state index in [9.17, 15) is 9.90 Å². The monoisotopic (exact) mass is 338 g/mol. The van der Waals surface area contributed by atoms with Crippen molar-refractivity contribution >= 4 is 35.0 Å². The van der Waals surface area contributed by atoms with Crippen LogP contribution in [0.3, 0.4) is 0 Å². The Morgan fingerprint density at radius 2 is 1.88 bits per heavy atom. The molecule has 1 heterocycles. The van der Waals surface area contributed by atoms with Crippen LogP contribution in [0.25, 0.3) is 6.08 Å². The molecule has 0 bridgehead atoms. The molecule has 122 valence electrons. The van der Waals surface area contributed by atoms with E-state index in [0.29, 0.717) is 16.7 Å². The summed E-state index contributed by atoms with van der Waals surface area (Å²) in [4.78, 5) is 14.1. The number of thiocarbonyl (C=S) groups is 1. The van der Waals surface area contributed by atoms with Gasteiger partial charge in [-0.1, -0.05) is 38.1 Å². The predicted molar refractivity (Wildman–Crippen MR) is 99.8 cm³/mol. The first-order valence-electron chi connectivity index (χ1n) is 7.72. The highest BCUT2D eigenvalue weighted by atomic mass is 32.1.